The summed E-state index contributed by atoms with van der Waals surface area (Å²) in [6.07, 6.45) is 0.723. The standard InChI is InChI=1S/C22H24FNO4/c23-18-8-4-7-17(9-18)10-22(26)11-19-14-27-15-20(12-22)24(19)21(25)28-13-16-5-2-1-3-6-16/h1-9,19-20,26H,10-15H2. The van der Waals surface area contributed by atoms with Crippen LogP contribution in [0.3, 0.4) is 0 Å². The molecule has 2 heterocycles. The summed E-state index contributed by atoms with van der Waals surface area (Å²) in [5.74, 6) is -0.313. The van der Waals surface area contributed by atoms with Crippen molar-refractivity contribution >= 4 is 6.09 Å². The Morgan fingerprint density at radius 2 is 1.79 bits per heavy atom. The number of rotatable bonds is 4. The monoisotopic (exact) mass is 385 g/mol. The molecule has 0 aromatic heterocycles. The maximum absolute atomic E-state index is 13.5. The molecular formula is C22H24FNO4. The minimum absolute atomic E-state index is 0.212. The van der Waals surface area contributed by atoms with Crippen LogP contribution in [0.2, 0.25) is 0 Å². The first-order chi connectivity index (χ1) is 13.5. The molecule has 2 aliphatic heterocycles. The highest BCUT2D eigenvalue weighted by Crippen LogP contribution is 2.37. The molecule has 0 saturated carbocycles. The average molecular weight is 385 g/mol. The van der Waals surface area contributed by atoms with E-state index in [2.05, 4.69) is 0 Å². The van der Waals surface area contributed by atoms with Gasteiger partial charge in [0.15, 0.2) is 0 Å². The van der Waals surface area contributed by atoms with E-state index in [1.807, 2.05) is 36.4 Å². The number of aliphatic hydroxyl groups is 1. The summed E-state index contributed by atoms with van der Waals surface area (Å²) in [5, 5.41) is 11.2. The molecule has 0 spiro atoms. The molecule has 0 radical (unpaired) electrons. The van der Waals surface area contributed by atoms with Gasteiger partial charge in [-0.3, -0.25) is 4.90 Å². The first-order valence-corrected chi connectivity index (χ1v) is 9.56. The van der Waals surface area contributed by atoms with Crippen molar-refractivity contribution in [3.05, 3.63) is 71.5 Å². The molecular weight excluding hydrogens is 361 g/mol. The summed E-state index contributed by atoms with van der Waals surface area (Å²) in [4.78, 5) is 14.4. The third-order valence-electron chi connectivity index (χ3n) is 5.48. The van der Waals surface area contributed by atoms with E-state index in [0.29, 0.717) is 32.5 Å². The maximum atomic E-state index is 13.5. The second-order valence-corrected chi connectivity index (χ2v) is 7.73. The van der Waals surface area contributed by atoms with Crippen molar-refractivity contribution in [1.82, 2.24) is 4.90 Å². The Labute approximate surface area is 163 Å². The number of carbonyl (C=O) groups is 1. The van der Waals surface area contributed by atoms with E-state index in [9.17, 15) is 14.3 Å². The number of fused-ring (bicyclic) bond motifs is 2. The number of halogens is 1. The van der Waals surface area contributed by atoms with Gasteiger partial charge in [-0.1, -0.05) is 42.5 Å². The molecule has 4 rings (SSSR count). The molecule has 2 atom stereocenters. The summed E-state index contributed by atoms with van der Waals surface area (Å²) >= 11 is 0. The third kappa shape index (κ3) is 4.18. The molecule has 6 heteroatoms. The van der Waals surface area contributed by atoms with Gasteiger partial charge in [-0.05, 0) is 36.1 Å². The Hall–Kier alpha value is -2.44. The molecule has 1 N–H and O–H groups in total. The van der Waals surface area contributed by atoms with Crippen molar-refractivity contribution in [2.75, 3.05) is 13.2 Å². The number of morpholine rings is 1. The molecule has 2 saturated heterocycles. The molecule has 2 fully saturated rings. The number of benzene rings is 2. The van der Waals surface area contributed by atoms with E-state index in [-0.39, 0.29) is 30.6 Å². The molecule has 2 aromatic rings. The Morgan fingerprint density at radius 1 is 1.11 bits per heavy atom. The first kappa shape index (κ1) is 18.9. The lowest BCUT2D eigenvalue weighted by Crippen LogP contribution is -2.64. The van der Waals surface area contributed by atoms with Crippen LogP contribution in [0.4, 0.5) is 9.18 Å². The summed E-state index contributed by atoms with van der Waals surface area (Å²) in [5.41, 5.74) is 0.682. The zero-order chi connectivity index (χ0) is 19.6. The second kappa shape index (κ2) is 7.89. The summed E-state index contributed by atoms with van der Waals surface area (Å²) < 4.78 is 24.6. The van der Waals surface area contributed by atoms with Gasteiger partial charge < -0.3 is 14.6 Å². The predicted octanol–water partition coefficient (Wildman–Crippen LogP) is 3.30. The van der Waals surface area contributed by atoms with Crippen molar-refractivity contribution in [2.45, 2.75) is 43.6 Å². The van der Waals surface area contributed by atoms with Gasteiger partial charge in [0, 0.05) is 6.42 Å². The van der Waals surface area contributed by atoms with Gasteiger partial charge in [-0.25, -0.2) is 9.18 Å². The van der Waals surface area contributed by atoms with E-state index >= 15 is 0 Å². The van der Waals surface area contributed by atoms with Crippen LogP contribution in [0.1, 0.15) is 24.0 Å². The quantitative estimate of drug-likeness (QED) is 0.877. The largest absolute Gasteiger partial charge is 0.445 e. The smallest absolute Gasteiger partial charge is 0.410 e. The van der Waals surface area contributed by atoms with Crippen molar-refractivity contribution in [2.24, 2.45) is 0 Å². The zero-order valence-electron chi connectivity index (χ0n) is 15.6. The van der Waals surface area contributed by atoms with Crippen LogP contribution in [0.15, 0.2) is 54.6 Å². The zero-order valence-corrected chi connectivity index (χ0v) is 15.6. The fraction of sp³-hybridized carbons (Fsp3) is 0.409. The molecule has 2 aromatic carbocycles. The Balaban J connectivity index is 1.43. The van der Waals surface area contributed by atoms with Crippen LogP contribution in [-0.4, -0.2) is 47.0 Å². The van der Waals surface area contributed by atoms with Crippen LogP contribution in [0, 0.1) is 5.82 Å². The number of ether oxygens (including phenoxy) is 2. The summed E-state index contributed by atoms with van der Waals surface area (Å²) in [6, 6.07) is 15.3. The fourth-order valence-corrected chi connectivity index (χ4v) is 4.34. The number of hydrogen-bond acceptors (Lipinski definition) is 4. The van der Waals surface area contributed by atoms with Crippen LogP contribution in [0.5, 0.6) is 0 Å². The number of piperidine rings is 1. The van der Waals surface area contributed by atoms with Crippen LogP contribution in [-0.2, 0) is 22.5 Å². The van der Waals surface area contributed by atoms with Gasteiger partial charge in [-0.15, -0.1) is 0 Å². The molecule has 148 valence electrons. The highest BCUT2D eigenvalue weighted by atomic mass is 19.1. The highest BCUT2D eigenvalue weighted by molar-refractivity contribution is 5.69. The lowest BCUT2D eigenvalue weighted by Gasteiger charge is -2.51. The van der Waals surface area contributed by atoms with Gasteiger partial charge in [0.1, 0.15) is 12.4 Å². The molecule has 0 aliphatic carbocycles. The minimum atomic E-state index is -0.997. The van der Waals surface area contributed by atoms with E-state index < -0.39 is 5.60 Å². The van der Waals surface area contributed by atoms with E-state index in [1.54, 1.807) is 11.0 Å². The topological polar surface area (TPSA) is 59.0 Å². The second-order valence-electron chi connectivity index (χ2n) is 7.73. The maximum Gasteiger partial charge on any atom is 0.410 e. The summed E-state index contributed by atoms with van der Waals surface area (Å²) in [6.45, 7) is 0.939. The fourth-order valence-electron chi connectivity index (χ4n) is 4.34. The SMILES string of the molecule is O=C(OCc1ccccc1)N1C2COCC1CC(O)(Cc1cccc(F)c1)C2. The Kier molecular flexibility index (Phi) is 5.33. The van der Waals surface area contributed by atoms with Crippen molar-refractivity contribution in [3.63, 3.8) is 0 Å². The van der Waals surface area contributed by atoms with Gasteiger partial charge in [0.05, 0.1) is 30.9 Å². The van der Waals surface area contributed by atoms with Crippen molar-refractivity contribution in [1.29, 1.82) is 0 Å². The molecule has 28 heavy (non-hydrogen) atoms. The molecule has 2 unspecified atom stereocenters. The van der Waals surface area contributed by atoms with Crippen molar-refractivity contribution < 1.29 is 23.8 Å². The first-order valence-electron chi connectivity index (χ1n) is 9.56. The number of hydrogen-bond donors (Lipinski definition) is 1. The van der Waals surface area contributed by atoms with Crippen molar-refractivity contribution in [3.8, 4) is 0 Å². The molecule has 2 aliphatic rings. The lowest BCUT2D eigenvalue weighted by atomic mass is 9.78. The lowest BCUT2D eigenvalue weighted by molar-refractivity contribution is -0.132. The number of amides is 1. The normalized spacial score (nSPS) is 26.7. The predicted molar refractivity (Wildman–Crippen MR) is 101 cm³/mol. The van der Waals surface area contributed by atoms with E-state index in [1.165, 1.54) is 12.1 Å². The molecule has 2 bridgehead atoms. The minimum Gasteiger partial charge on any atom is -0.445 e. The average Bonchev–Trinajstić information content (AvgIpc) is 2.66. The van der Waals surface area contributed by atoms with Crippen LogP contribution >= 0.6 is 0 Å². The van der Waals surface area contributed by atoms with Gasteiger partial charge >= 0.3 is 6.09 Å². The molecule has 5 nitrogen and oxygen atoms in total. The Morgan fingerprint density at radius 3 is 2.46 bits per heavy atom. The van der Waals surface area contributed by atoms with E-state index in [0.717, 1.165) is 11.1 Å². The highest BCUT2D eigenvalue weighted by Gasteiger charge is 2.48. The summed E-state index contributed by atoms with van der Waals surface area (Å²) in [7, 11) is 0. The van der Waals surface area contributed by atoms with Gasteiger partial charge in [0.2, 0.25) is 0 Å². The Bertz CT molecular complexity index is 814. The van der Waals surface area contributed by atoms with Crippen LogP contribution in [0.25, 0.3) is 0 Å². The number of carbonyl (C=O) groups excluding carboxylic acids is 1. The van der Waals surface area contributed by atoms with Gasteiger partial charge in [-0.2, -0.15) is 0 Å². The van der Waals surface area contributed by atoms with E-state index in [4.69, 9.17) is 9.47 Å². The number of nitrogens with zero attached hydrogens (tertiary/aromatic N) is 1. The van der Waals surface area contributed by atoms with Crippen LogP contribution < -0.4 is 0 Å². The van der Waals surface area contributed by atoms with Gasteiger partial charge in [0.25, 0.3) is 0 Å². The third-order valence-corrected chi connectivity index (χ3v) is 5.48. The molecule has 1 amide bonds.